The van der Waals surface area contributed by atoms with Crippen molar-refractivity contribution in [2.24, 2.45) is 0 Å². The summed E-state index contributed by atoms with van der Waals surface area (Å²) in [5.41, 5.74) is 4.08. The molecule has 1 aromatic carbocycles. The van der Waals surface area contributed by atoms with Crippen LogP contribution in [0.3, 0.4) is 0 Å². The molecule has 0 aliphatic carbocycles. The molecule has 0 saturated carbocycles. The summed E-state index contributed by atoms with van der Waals surface area (Å²) in [4.78, 5) is 33.3. The Kier molecular flexibility index (Phi) is 7.43. The van der Waals surface area contributed by atoms with E-state index in [2.05, 4.69) is 20.6 Å². The Bertz CT molecular complexity index is 1030. The molecule has 1 unspecified atom stereocenters. The van der Waals surface area contributed by atoms with Gasteiger partial charge in [0.2, 0.25) is 5.91 Å². The second-order valence-corrected chi connectivity index (χ2v) is 8.03. The van der Waals surface area contributed by atoms with Crippen LogP contribution < -0.4 is 10.6 Å². The molecule has 3 rings (SSSR count). The Morgan fingerprint density at radius 3 is 2.43 bits per heavy atom. The molecule has 0 radical (unpaired) electrons. The smallest absolute Gasteiger partial charge is 0.258 e. The van der Waals surface area contributed by atoms with E-state index in [9.17, 15) is 9.59 Å². The second kappa shape index (κ2) is 10.2. The molecule has 0 fully saturated rings. The van der Waals surface area contributed by atoms with Crippen LogP contribution in [-0.4, -0.2) is 27.7 Å². The Balaban J connectivity index is 1.87. The number of amides is 2. The minimum absolute atomic E-state index is 0.162. The van der Waals surface area contributed by atoms with Crippen molar-refractivity contribution in [3.8, 4) is 0 Å². The number of carbonyl (C=O) groups excluding carboxylic acids is 2. The maximum Gasteiger partial charge on any atom is 0.258 e. The summed E-state index contributed by atoms with van der Waals surface area (Å²) < 4.78 is 0. The van der Waals surface area contributed by atoms with E-state index >= 15 is 0 Å². The van der Waals surface area contributed by atoms with Crippen LogP contribution in [0.5, 0.6) is 0 Å². The third-order valence-corrected chi connectivity index (χ3v) is 5.56. The van der Waals surface area contributed by atoms with Gasteiger partial charge in [0.05, 0.1) is 5.56 Å². The highest BCUT2D eigenvalue weighted by Crippen LogP contribution is 2.34. The summed E-state index contributed by atoms with van der Waals surface area (Å²) in [6.45, 7) is 3.96. The Morgan fingerprint density at radius 1 is 1.07 bits per heavy atom. The van der Waals surface area contributed by atoms with Crippen LogP contribution in [0.15, 0.2) is 66.1 Å². The SMILES string of the molecule is Cc1cc(C)cc(NC(=O)c2cccnc2SC(NC(=O)CCl)c2ccncc2)c1. The molecule has 2 amide bonds. The van der Waals surface area contributed by atoms with E-state index in [4.69, 9.17) is 11.6 Å². The van der Waals surface area contributed by atoms with Gasteiger partial charge in [-0.05, 0) is 66.9 Å². The lowest BCUT2D eigenvalue weighted by Crippen LogP contribution is -2.28. The molecular formula is C22H21ClN4O2S. The Hall–Kier alpha value is -2.90. The van der Waals surface area contributed by atoms with Crippen molar-refractivity contribution in [1.82, 2.24) is 15.3 Å². The van der Waals surface area contributed by atoms with E-state index in [1.165, 1.54) is 11.8 Å². The maximum atomic E-state index is 13.0. The first-order valence-electron chi connectivity index (χ1n) is 9.23. The minimum Gasteiger partial charge on any atom is -0.339 e. The van der Waals surface area contributed by atoms with Gasteiger partial charge in [0.15, 0.2) is 0 Å². The zero-order valence-electron chi connectivity index (χ0n) is 16.6. The molecule has 0 saturated heterocycles. The zero-order chi connectivity index (χ0) is 21.5. The number of nitrogens with one attached hydrogen (secondary N) is 2. The lowest BCUT2D eigenvalue weighted by molar-refractivity contribution is -0.118. The average Bonchev–Trinajstić information content (AvgIpc) is 2.73. The van der Waals surface area contributed by atoms with Crippen molar-refractivity contribution < 1.29 is 9.59 Å². The first-order valence-corrected chi connectivity index (χ1v) is 10.6. The number of rotatable bonds is 7. The summed E-state index contributed by atoms with van der Waals surface area (Å²) in [6.07, 6.45) is 4.90. The second-order valence-electron chi connectivity index (χ2n) is 6.67. The zero-order valence-corrected chi connectivity index (χ0v) is 18.1. The fourth-order valence-corrected chi connectivity index (χ4v) is 4.11. The lowest BCUT2D eigenvalue weighted by atomic mass is 10.1. The highest BCUT2D eigenvalue weighted by atomic mass is 35.5. The third-order valence-electron chi connectivity index (χ3n) is 4.15. The van der Waals surface area contributed by atoms with Crippen LogP contribution in [0.1, 0.15) is 32.4 Å². The normalized spacial score (nSPS) is 11.6. The fourth-order valence-electron chi connectivity index (χ4n) is 2.92. The predicted molar refractivity (Wildman–Crippen MR) is 120 cm³/mol. The number of halogens is 1. The summed E-state index contributed by atoms with van der Waals surface area (Å²) in [6, 6.07) is 12.9. The van der Waals surface area contributed by atoms with Crippen molar-refractivity contribution in [3.05, 3.63) is 83.3 Å². The summed E-state index contributed by atoms with van der Waals surface area (Å²) in [5, 5.41) is 5.82. The number of carbonyl (C=O) groups is 2. The van der Waals surface area contributed by atoms with E-state index in [0.29, 0.717) is 10.6 Å². The molecule has 2 N–H and O–H groups in total. The molecule has 0 aliphatic heterocycles. The van der Waals surface area contributed by atoms with Gasteiger partial charge in [-0.2, -0.15) is 0 Å². The summed E-state index contributed by atoms with van der Waals surface area (Å²) >= 11 is 6.94. The van der Waals surface area contributed by atoms with Gasteiger partial charge in [-0.3, -0.25) is 14.6 Å². The Morgan fingerprint density at radius 2 is 1.77 bits per heavy atom. The number of aromatic nitrogens is 2. The molecule has 3 aromatic rings. The molecule has 8 heteroatoms. The van der Waals surface area contributed by atoms with E-state index in [0.717, 1.165) is 22.4 Å². The largest absolute Gasteiger partial charge is 0.339 e. The first-order chi connectivity index (χ1) is 14.5. The van der Waals surface area contributed by atoms with Gasteiger partial charge in [-0.25, -0.2) is 4.98 Å². The molecule has 1 atom stereocenters. The fraction of sp³-hybridized carbons (Fsp3) is 0.182. The molecule has 0 bridgehead atoms. The summed E-state index contributed by atoms with van der Waals surface area (Å²) in [7, 11) is 0. The monoisotopic (exact) mass is 440 g/mol. The number of anilines is 1. The van der Waals surface area contributed by atoms with Crippen LogP contribution in [0.4, 0.5) is 5.69 Å². The molecule has 154 valence electrons. The van der Waals surface area contributed by atoms with E-state index in [1.54, 1.807) is 42.9 Å². The van der Waals surface area contributed by atoms with Gasteiger partial charge >= 0.3 is 0 Å². The highest BCUT2D eigenvalue weighted by molar-refractivity contribution is 7.99. The quantitative estimate of drug-likeness (QED) is 0.321. The van der Waals surface area contributed by atoms with Crippen LogP contribution in [0.25, 0.3) is 0 Å². The van der Waals surface area contributed by atoms with Crippen molar-refractivity contribution in [2.75, 3.05) is 11.2 Å². The minimum atomic E-state index is -0.470. The molecule has 30 heavy (non-hydrogen) atoms. The maximum absolute atomic E-state index is 13.0. The predicted octanol–water partition coefficient (Wildman–Crippen LogP) is 4.49. The van der Waals surface area contributed by atoms with Crippen molar-refractivity contribution in [1.29, 1.82) is 0 Å². The van der Waals surface area contributed by atoms with Crippen LogP contribution in [0, 0.1) is 13.8 Å². The van der Waals surface area contributed by atoms with Gasteiger partial charge in [-0.15, -0.1) is 11.6 Å². The number of benzene rings is 1. The third kappa shape index (κ3) is 5.81. The van der Waals surface area contributed by atoms with E-state index in [1.807, 2.05) is 32.0 Å². The van der Waals surface area contributed by atoms with Crippen molar-refractivity contribution in [2.45, 2.75) is 24.2 Å². The number of aryl methyl sites for hydroxylation is 2. The highest BCUT2D eigenvalue weighted by Gasteiger charge is 2.21. The molecule has 6 nitrogen and oxygen atoms in total. The standard InChI is InChI=1S/C22H21ClN4O2S/c1-14-10-15(2)12-17(11-14)26-20(29)18-4-3-7-25-22(18)30-21(27-19(28)13-23)16-5-8-24-9-6-16/h3-12,21H,13H2,1-2H3,(H,26,29)(H,27,28). The van der Waals surface area contributed by atoms with Crippen molar-refractivity contribution in [3.63, 3.8) is 0 Å². The van der Waals surface area contributed by atoms with Crippen LogP contribution in [-0.2, 0) is 4.79 Å². The number of nitrogens with zero attached hydrogens (tertiary/aromatic N) is 2. The molecule has 2 heterocycles. The topological polar surface area (TPSA) is 84.0 Å². The van der Waals surface area contributed by atoms with Crippen LogP contribution >= 0.6 is 23.4 Å². The summed E-state index contributed by atoms with van der Waals surface area (Å²) in [5.74, 6) is -0.749. The number of hydrogen-bond donors (Lipinski definition) is 2. The van der Waals surface area contributed by atoms with Gasteiger partial charge in [0, 0.05) is 24.3 Å². The average molecular weight is 441 g/mol. The van der Waals surface area contributed by atoms with Gasteiger partial charge in [-0.1, -0.05) is 17.8 Å². The Labute approximate surface area is 184 Å². The van der Waals surface area contributed by atoms with Gasteiger partial charge in [0.1, 0.15) is 16.3 Å². The van der Waals surface area contributed by atoms with E-state index in [-0.39, 0.29) is 17.7 Å². The van der Waals surface area contributed by atoms with Gasteiger partial charge in [0.25, 0.3) is 5.91 Å². The van der Waals surface area contributed by atoms with E-state index < -0.39 is 5.37 Å². The molecule has 0 aliphatic rings. The number of alkyl halides is 1. The molecule has 2 aromatic heterocycles. The lowest BCUT2D eigenvalue weighted by Gasteiger charge is -2.19. The van der Waals surface area contributed by atoms with Crippen molar-refractivity contribution >= 4 is 40.9 Å². The first kappa shape index (κ1) is 21.8. The van der Waals surface area contributed by atoms with Crippen LogP contribution in [0.2, 0.25) is 0 Å². The van der Waals surface area contributed by atoms with Gasteiger partial charge < -0.3 is 10.6 Å². The number of pyridine rings is 2. The number of thioether (sulfide) groups is 1. The molecular weight excluding hydrogens is 420 g/mol. The number of hydrogen-bond acceptors (Lipinski definition) is 5. The molecule has 0 spiro atoms.